The maximum absolute atomic E-state index is 8.55. The van der Waals surface area contributed by atoms with Gasteiger partial charge in [-0.05, 0) is 11.6 Å². The van der Waals surface area contributed by atoms with E-state index >= 15 is 0 Å². The van der Waals surface area contributed by atoms with Gasteiger partial charge in [0.1, 0.15) is 12.4 Å². The average Bonchev–Trinajstić information content (AvgIpc) is 2.69. The molecule has 0 aliphatic carbocycles. The number of nitrogens with zero attached hydrogens (tertiary/aromatic N) is 5. The molecule has 2 heterocycles. The normalized spacial score (nSPS) is 9.87. The van der Waals surface area contributed by atoms with Crippen LogP contribution in [0.3, 0.4) is 0 Å². The van der Waals surface area contributed by atoms with Crippen LogP contribution in [0, 0.1) is 11.3 Å². The van der Waals surface area contributed by atoms with Gasteiger partial charge in [-0.2, -0.15) is 5.26 Å². The van der Waals surface area contributed by atoms with Gasteiger partial charge in [-0.25, -0.2) is 9.67 Å². The highest BCUT2D eigenvalue weighted by Gasteiger charge is 2.03. The first-order chi connectivity index (χ1) is 7.29. The van der Waals surface area contributed by atoms with Gasteiger partial charge in [-0.1, -0.05) is 11.6 Å². The maximum Gasteiger partial charge on any atom is 0.252 e. The molecule has 74 valence electrons. The lowest BCUT2D eigenvalue weighted by Gasteiger charge is -2.01. The van der Waals surface area contributed by atoms with Crippen molar-refractivity contribution >= 4 is 11.6 Å². The van der Waals surface area contributed by atoms with E-state index in [0.29, 0.717) is 11.6 Å². The Kier molecular flexibility index (Phi) is 2.61. The first-order valence-electron chi connectivity index (χ1n) is 4.17. The predicted octanol–water partition coefficient (Wildman–Crippen LogP) is 1.25. The molecule has 0 unspecified atom stereocenters. The van der Waals surface area contributed by atoms with Crippen molar-refractivity contribution in [2.45, 2.75) is 6.54 Å². The van der Waals surface area contributed by atoms with Gasteiger partial charge in [0.2, 0.25) is 0 Å². The average molecular weight is 220 g/mol. The lowest BCUT2D eigenvalue weighted by molar-refractivity contribution is 0.682. The molecule has 15 heavy (non-hydrogen) atoms. The molecule has 0 aromatic carbocycles. The summed E-state index contributed by atoms with van der Waals surface area (Å²) < 4.78 is 1.56. The van der Waals surface area contributed by atoms with E-state index in [-0.39, 0.29) is 5.82 Å². The van der Waals surface area contributed by atoms with Crippen LogP contribution in [0.15, 0.2) is 24.8 Å². The van der Waals surface area contributed by atoms with Crippen LogP contribution in [0.2, 0.25) is 5.02 Å². The summed E-state index contributed by atoms with van der Waals surface area (Å²) in [4.78, 5) is 7.67. The maximum atomic E-state index is 8.55. The zero-order valence-corrected chi connectivity index (χ0v) is 8.39. The Bertz CT molecular complexity index is 513. The molecule has 0 amide bonds. The lowest BCUT2D eigenvalue weighted by atomic mass is 10.3. The third kappa shape index (κ3) is 2.11. The quantitative estimate of drug-likeness (QED) is 0.762. The second kappa shape index (κ2) is 4.07. The van der Waals surface area contributed by atoms with E-state index in [1.165, 1.54) is 6.33 Å². The summed E-state index contributed by atoms with van der Waals surface area (Å²) >= 11 is 5.93. The minimum Gasteiger partial charge on any atom is -0.263 e. The Morgan fingerprint density at radius 2 is 2.40 bits per heavy atom. The summed E-state index contributed by atoms with van der Waals surface area (Å²) in [7, 11) is 0. The van der Waals surface area contributed by atoms with Gasteiger partial charge in [-0.3, -0.25) is 4.98 Å². The number of pyridine rings is 1. The molecule has 0 saturated carbocycles. The van der Waals surface area contributed by atoms with E-state index in [0.717, 1.165) is 5.56 Å². The molecule has 0 aliphatic heterocycles. The van der Waals surface area contributed by atoms with Gasteiger partial charge in [0.05, 0.1) is 11.6 Å². The van der Waals surface area contributed by atoms with Gasteiger partial charge in [0.25, 0.3) is 5.82 Å². The van der Waals surface area contributed by atoms with Crippen LogP contribution in [0.5, 0.6) is 0 Å². The molecule has 6 heteroatoms. The van der Waals surface area contributed by atoms with Crippen LogP contribution in [0.25, 0.3) is 0 Å². The number of nitriles is 1. The summed E-state index contributed by atoms with van der Waals surface area (Å²) in [5.74, 6) is 0.153. The third-order valence-corrected chi connectivity index (χ3v) is 2.17. The molecule has 2 aromatic heterocycles. The Morgan fingerprint density at radius 1 is 1.53 bits per heavy atom. The highest BCUT2D eigenvalue weighted by Crippen LogP contribution is 2.13. The van der Waals surface area contributed by atoms with Gasteiger partial charge >= 0.3 is 0 Å². The summed E-state index contributed by atoms with van der Waals surface area (Å²) in [5.41, 5.74) is 0.890. The van der Waals surface area contributed by atoms with Crippen LogP contribution >= 0.6 is 11.6 Å². The minimum atomic E-state index is 0.153. The number of rotatable bonds is 2. The van der Waals surface area contributed by atoms with E-state index in [1.807, 2.05) is 6.07 Å². The van der Waals surface area contributed by atoms with Gasteiger partial charge in [0, 0.05) is 12.4 Å². The predicted molar refractivity (Wildman–Crippen MR) is 53.1 cm³/mol. The summed E-state index contributed by atoms with van der Waals surface area (Å²) in [6.45, 7) is 0.482. The van der Waals surface area contributed by atoms with E-state index in [4.69, 9.17) is 16.9 Å². The highest BCUT2D eigenvalue weighted by atomic mass is 35.5. The van der Waals surface area contributed by atoms with E-state index < -0.39 is 0 Å². The van der Waals surface area contributed by atoms with E-state index in [9.17, 15) is 0 Å². The number of halogens is 1. The first-order valence-corrected chi connectivity index (χ1v) is 4.55. The van der Waals surface area contributed by atoms with Crippen molar-refractivity contribution in [3.63, 3.8) is 0 Å². The smallest absolute Gasteiger partial charge is 0.252 e. The molecule has 0 fully saturated rings. The molecule has 5 nitrogen and oxygen atoms in total. The van der Waals surface area contributed by atoms with Crippen LogP contribution in [0.1, 0.15) is 11.4 Å². The second-order valence-electron chi connectivity index (χ2n) is 2.84. The number of aromatic nitrogens is 4. The molecule has 0 bridgehead atoms. The molecular weight excluding hydrogens is 214 g/mol. The SMILES string of the molecule is N#Cc1ncn(Cc2ccncc2Cl)n1. The summed E-state index contributed by atoms with van der Waals surface area (Å²) in [5, 5.41) is 13.1. The molecule has 0 N–H and O–H groups in total. The molecule has 0 aliphatic rings. The Morgan fingerprint density at radius 3 is 3.07 bits per heavy atom. The topological polar surface area (TPSA) is 67.4 Å². The molecule has 0 atom stereocenters. The Labute approximate surface area is 91.0 Å². The Hall–Kier alpha value is -1.93. The fraction of sp³-hybridized carbons (Fsp3) is 0.111. The van der Waals surface area contributed by atoms with Crippen LogP contribution in [-0.4, -0.2) is 19.7 Å². The van der Waals surface area contributed by atoms with Crippen molar-refractivity contribution < 1.29 is 0 Å². The fourth-order valence-electron chi connectivity index (χ4n) is 1.13. The largest absolute Gasteiger partial charge is 0.263 e. The van der Waals surface area contributed by atoms with Crippen molar-refractivity contribution in [1.29, 1.82) is 5.26 Å². The van der Waals surface area contributed by atoms with Crippen molar-refractivity contribution in [2.24, 2.45) is 0 Å². The molecule has 0 spiro atoms. The minimum absolute atomic E-state index is 0.153. The molecule has 2 aromatic rings. The van der Waals surface area contributed by atoms with E-state index in [1.54, 1.807) is 23.1 Å². The van der Waals surface area contributed by atoms with Gasteiger partial charge < -0.3 is 0 Å². The highest BCUT2D eigenvalue weighted by molar-refractivity contribution is 6.31. The molecular formula is C9H6ClN5. The van der Waals surface area contributed by atoms with E-state index in [2.05, 4.69) is 15.1 Å². The van der Waals surface area contributed by atoms with Gasteiger partial charge in [-0.15, -0.1) is 5.10 Å². The van der Waals surface area contributed by atoms with Crippen molar-refractivity contribution in [1.82, 2.24) is 19.7 Å². The third-order valence-electron chi connectivity index (χ3n) is 1.83. The fourth-order valence-corrected chi connectivity index (χ4v) is 1.31. The second-order valence-corrected chi connectivity index (χ2v) is 3.25. The first kappa shape index (κ1) is 9.62. The van der Waals surface area contributed by atoms with Crippen LogP contribution < -0.4 is 0 Å². The standard InChI is InChI=1S/C9H6ClN5/c10-8-4-12-2-1-7(8)5-15-6-13-9(3-11)14-15/h1-2,4,6H,5H2. The molecule has 0 radical (unpaired) electrons. The van der Waals surface area contributed by atoms with Crippen LogP contribution in [-0.2, 0) is 6.54 Å². The summed E-state index contributed by atoms with van der Waals surface area (Å²) in [6, 6.07) is 3.66. The lowest BCUT2D eigenvalue weighted by Crippen LogP contribution is -2.01. The van der Waals surface area contributed by atoms with Crippen molar-refractivity contribution in [3.8, 4) is 6.07 Å². The van der Waals surface area contributed by atoms with Crippen molar-refractivity contribution in [2.75, 3.05) is 0 Å². The monoisotopic (exact) mass is 219 g/mol. The number of hydrogen-bond donors (Lipinski definition) is 0. The zero-order valence-electron chi connectivity index (χ0n) is 7.63. The summed E-state index contributed by atoms with van der Waals surface area (Å²) in [6.07, 6.45) is 4.72. The van der Waals surface area contributed by atoms with Crippen molar-refractivity contribution in [3.05, 3.63) is 41.2 Å². The van der Waals surface area contributed by atoms with Gasteiger partial charge in [0.15, 0.2) is 0 Å². The number of hydrogen-bond acceptors (Lipinski definition) is 4. The zero-order chi connectivity index (χ0) is 10.7. The Balaban J connectivity index is 2.23. The van der Waals surface area contributed by atoms with Crippen LogP contribution in [0.4, 0.5) is 0 Å². The molecule has 0 saturated heterocycles. The molecule has 2 rings (SSSR count).